The van der Waals surface area contributed by atoms with E-state index in [0.717, 1.165) is 96.3 Å². The molecule has 80 heavy (non-hydrogen) atoms. The van der Waals surface area contributed by atoms with Gasteiger partial charge in [0.15, 0.2) is 6.10 Å². The summed E-state index contributed by atoms with van der Waals surface area (Å²) in [5, 5.41) is 0. The topological polar surface area (TPSA) is 78.9 Å². The van der Waals surface area contributed by atoms with Crippen LogP contribution < -0.4 is 0 Å². The second-order valence-electron chi connectivity index (χ2n) is 23.8. The van der Waals surface area contributed by atoms with Gasteiger partial charge in [-0.1, -0.05) is 332 Å². The molecule has 0 saturated carbocycles. The van der Waals surface area contributed by atoms with Crippen LogP contribution in [0.5, 0.6) is 0 Å². The molecule has 0 aromatic heterocycles. The van der Waals surface area contributed by atoms with Gasteiger partial charge in [-0.2, -0.15) is 0 Å². The first kappa shape index (κ1) is 77.1. The third kappa shape index (κ3) is 65.9. The molecule has 0 spiro atoms. The highest BCUT2D eigenvalue weighted by atomic mass is 16.6. The first-order valence-electron chi connectivity index (χ1n) is 35.3. The van der Waals surface area contributed by atoms with Crippen molar-refractivity contribution in [3.63, 3.8) is 0 Å². The molecule has 0 bridgehead atoms. The molecular weight excluding hydrogens is 985 g/mol. The molecule has 0 aliphatic heterocycles. The quantitative estimate of drug-likeness (QED) is 0.0261. The lowest BCUT2D eigenvalue weighted by Crippen LogP contribution is -2.30. The summed E-state index contributed by atoms with van der Waals surface area (Å²) in [6, 6.07) is 0. The predicted octanol–water partition coefficient (Wildman–Crippen LogP) is 24.3. The average Bonchev–Trinajstić information content (AvgIpc) is 3.46. The van der Waals surface area contributed by atoms with E-state index in [1.807, 2.05) is 0 Å². The molecule has 466 valence electrons. The second kappa shape index (κ2) is 68.6. The van der Waals surface area contributed by atoms with E-state index in [1.54, 1.807) is 0 Å². The van der Waals surface area contributed by atoms with Crippen LogP contribution in [0.1, 0.15) is 374 Å². The summed E-state index contributed by atoms with van der Waals surface area (Å²) in [4.78, 5) is 38.4. The Labute approximate surface area is 498 Å². The van der Waals surface area contributed by atoms with Crippen molar-refractivity contribution in [2.75, 3.05) is 13.2 Å². The summed E-state index contributed by atoms with van der Waals surface area (Å²) in [6.45, 7) is 6.58. The number of carbonyl (C=O) groups is 3. The standard InChI is InChI=1S/C74H134O6/c1-4-7-10-13-16-19-22-25-28-31-33-34-35-36-37-38-39-40-42-43-46-49-52-55-58-61-64-67-73(76)79-70-71(69-78-72(75)66-63-60-57-54-51-48-45-30-27-24-21-18-15-12-9-6-3)80-74(77)68-65-62-59-56-53-50-47-44-41-32-29-26-23-20-17-14-11-8-5-2/h8,11,17,20,26,29,31,33,41,44,71H,4-7,9-10,12-16,18-19,21-25,27-28,30,32,34-40,42-43,45-70H2,1-3H3/b11-8-,20-17-,29-26-,33-31-,44-41-. The van der Waals surface area contributed by atoms with Crippen LogP contribution in [0, 0.1) is 0 Å². The van der Waals surface area contributed by atoms with E-state index in [1.165, 1.54) is 238 Å². The highest BCUT2D eigenvalue weighted by molar-refractivity contribution is 5.71. The Bertz CT molecular complexity index is 1430. The number of unbranched alkanes of at least 4 members (excludes halogenated alkanes) is 44. The Morgan fingerprint density at radius 2 is 0.487 bits per heavy atom. The van der Waals surface area contributed by atoms with Gasteiger partial charge < -0.3 is 14.2 Å². The van der Waals surface area contributed by atoms with E-state index < -0.39 is 6.10 Å². The minimum atomic E-state index is -0.781. The van der Waals surface area contributed by atoms with E-state index in [-0.39, 0.29) is 31.1 Å². The molecule has 6 heteroatoms. The summed E-state index contributed by atoms with van der Waals surface area (Å²) in [7, 11) is 0. The molecule has 0 N–H and O–H groups in total. The van der Waals surface area contributed by atoms with Gasteiger partial charge in [0.2, 0.25) is 0 Å². The van der Waals surface area contributed by atoms with Crippen LogP contribution in [-0.4, -0.2) is 37.2 Å². The molecule has 1 atom stereocenters. The maximum Gasteiger partial charge on any atom is 0.306 e. The molecule has 0 aliphatic carbocycles. The predicted molar refractivity (Wildman–Crippen MR) is 348 cm³/mol. The largest absolute Gasteiger partial charge is 0.462 e. The van der Waals surface area contributed by atoms with E-state index >= 15 is 0 Å². The fourth-order valence-electron chi connectivity index (χ4n) is 10.5. The molecular formula is C74H134O6. The summed E-state index contributed by atoms with van der Waals surface area (Å²) in [5.74, 6) is -0.865. The highest BCUT2D eigenvalue weighted by Crippen LogP contribution is 2.18. The van der Waals surface area contributed by atoms with Gasteiger partial charge in [-0.25, -0.2) is 0 Å². The maximum absolute atomic E-state index is 12.9. The van der Waals surface area contributed by atoms with Gasteiger partial charge in [0.1, 0.15) is 13.2 Å². The molecule has 1 unspecified atom stereocenters. The fourth-order valence-corrected chi connectivity index (χ4v) is 10.5. The molecule has 0 amide bonds. The maximum atomic E-state index is 12.9. The summed E-state index contributed by atoms with van der Waals surface area (Å²) < 4.78 is 17.0. The number of esters is 3. The SMILES string of the molecule is CC/C=C\C/C=C\C/C=C\C/C=C\CCCCCCCCC(=O)OC(COC(=O)CCCCCCCCCCCCCCCCCC)COC(=O)CCCCCCCCCCCCCCCCC/C=C\CCCCCCCCCC. The average molecular weight is 1120 g/mol. The third-order valence-electron chi connectivity index (χ3n) is 15.8. The Morgan fingerprint density at radius 1 is 0.263 bits per heavy atom. The van der Waals surface area contributed by atoms with Gasteiger partial charge in [0, 0.05) is 19.3 Å². The number of allylic oxidation sites excluding steroid dienone is 10. The van der Waals surface area contributed by atoms with E-state index in [2.05, 4.69) is 81.5 Å². The van der Waals surface area contributed by atoms with Gasteiger partial charge >= 0.3 is 17.9 Å². The number of hydrogen-bond acceptors (Lipinski definition) is 6. The first-order chi connectivity index (χ1) is 39.5. The molecule has 6 nitrogen and oxygen atoms in total. The Hall–Kier alpha value is -2.89. The minimum Gasteiger partial charge on any atom is -0.462 e. The molecule has 0 heterocycles. The molecule has 0 saturated heterocycles. The third-order valence-corrected chi connectivity index (χ3v) is 15.8. The van der Waals surface area contributed by atoms with Crippen molar-refractivity contribution in [2.24, 2.45) is 0 Å². The van der Waals surface area contributed by atoms with Crippen molar-refractivity contribution in [1.82, 2.24) is 0 Å². The van der Waals surface area contributed by atoms with E-state index in [9.17, 15) is 14.4 Å². The molecule has 0 radical (unpaired) electrons. The zero-order chi connectivity index (χ0) is 57.8. The van der Waals surface area contributed by atoms with Crippen molar-refractivity contribution in [2.45, 2.75) is 380 Å². The van der Waals surface area contributed by atoms with Crippen molar-refractivity contribution >= 4 is 17.9 Å². The van der Waals surface area contributed by atoms with Gasteiger partial charge in [-0.05, 0) is 83.5 Å². The smallest absolute Gasteiger partial charge is 0.306 e. The van der Waals surface area contributed by atoms with Crippen LogP contribution in [-0.2, 0) is 28.6 Å². The first-order valence-corrected chi connectivity index (χ1v) is 35.3. The van der Waals surface area contributed by atoms with Crippen molar-refractivity contribution in [3.05, 3.63) is 60.8 Å². The fraction of sp³-hybridized carbons (Fsp3) is 0.824. The lowest BCUT2D eigenvalue weighted by atomic mass is 10.0. The van der Waals surface area contributed by atoms with Gasteiger partial charge in [0.05, 0.1) is 0 Å². The highest BCUT2D eigenvalue weighted by Gasteiger charge is 2.19. The molecule has 0 rings (SSSR count). The Balaban J connectivity index is 4.28. The molecule has 0 aromatic rings. The summed E-state index contributed by atoms with van der Waals surface area (Å²) in [6.07, 6.45) is 88.2. The number of carbonyl (C=O) groups excluding carboxylic acids is 3. The molecule has 0 aromatic carbocycles. The Kier molecular flexibility index (Phi) is 66.1. The number of rotatable bonds is 65. The molecule has 0 fully saturated rings. The Morgan fingerprint density at radius 3 is 0.775 bits per heavy atom. The number of hydrogen-bond donors (Lipinski definition) is 0. The summed E-state index contributed by atoms with van der Waals surface area (Å²) >= 11 is 0. The van der Waals surface area contributed by atoms with Crippen molar-refractivity contribution in [3.8, 4) is 0 Å². The van der Waals surface area contributed by atoms with Crippen LogP contribution in [0.15, 0.2) is 60.8 Å². The van der Waals surface area contributed by atoms with Crippen molar-refractivity contribution in [1.29, 1.82) is 0 Å². The van der Waals surface area contributed by atoms with Crippen LogP contribution in [0.25, 0.3) is 0 Å². The minimum absolute atomic E-state index is 0.0757. The van der Waals surface area contributed by atoms with Gasteiger partial charge in [0.25, 0.3) is 0 Å². The summed E-state index contributed by atoms with van der Waals surface area (Å²) in [5.41, 5.74) is 0. The zero-order valence-electron chi connectivity index (χ0n) is 53.6. The van der Waals surface area contributed by atoms with Crippen LogP contribution in [0.2, 0.25) is 0 Å². The normalized spacial score (nSPS) is 12.4. The number of ether oxygens (including phenoxy) is 3. The van der Waals surface area contributed by atoms with Crippen LogP contribution >= 0.6 is 0 Å². The van der Waals surface area contributed by atoms with Crippen molar-refractivity contribution < 1.29 is 28.6 Å². The van der Waals surface area contributed by atoms with E-state index in [0.29, 0.717) is 19.3 Å². The van der Waals surface area contributed by atoms with E-state index in [4.69, 9.17) is 14.2 Å². The lowest BCUT2D eigenvalue weighted by Gasteiger charge is -2.18. The van der Waals surface area contributed by atoms with Crippen LogP contribution in [0.4, 0.5) is 0 Å². The van der Waals surface area contributed by atoms with Gasteiger partial charge in [-0.3, -0.25) is 14.4 Å². The lowest BCUT2D eigenvalue weighted by molar-refractivity contribution is -0.167. The van der Waals surface area contributed by atoms with Crippen LogP contribution in [0.3, 0.4) is 0 Å². The second-order valence-corrected chi connectivity index (χ2v) is 23.8. The molecule has 0 aliphatic rings. The van der Waals surface area contributed by atoms with Gasteiger partial charge in [-0.15, -0.1) is 0 Å². The zero-order valence-corrected chi connectivity index (χ0v) is 53.6. The monoisotopic (exact) mass is 1120 g/mol.